The van der Waals surface area contributed by atoms with E-state index >= 15 is 0 Å². The van der Waals surface area contributed by atoms with Crippen LogP contribution in [0.4, 0.5) is 0 Å². The minimum Gasteiger partial charge on any atom is -0.487 e. The van der Waals surface area contributed by atoms with E-state index in [0.717, 1.165) is 5.69 Å². The lowest BCUT2D eigenvalue weighted by Crippen LogP contribution is -2.33. The highest BCUT2D eigenvalue weighted by Gasteiger charge is 2.12. The number of carbonyl (C=O) groups is 1. The lowest BCUT2D eigenvalue weighted by Gasteiger charge is -2.15. The van der Waals surface area contributed by atoms with E-state index in [4.69, 9.17) is 4.74 Å². The van der Waals surface area contributed by atoms with Gasteiger partial charge in [-0.3, -0.25) is 9.78 Å². The molecule has 2 aromatic heterocycles. The predicted octanol–water partition coefficient (Wildman–Crippen LogP) is 1.93. The Balaban J connectivity index is 1.86. The maximum Gasteiger partial charge on any atom is 0.253 e. The van der Waals surface area contributed by atoms with Crippen molar-refractivity contribution in [3.8, 4) is 5.75 Å². The molecule has 0 aliphatic heterocycles. The number of nitrogens with zero attached hydrogens (tertiary/aromatic N) is 2. The maximum absolute atomic E-state index is 12.0. The molecule has 0 saturated heterocycles. The number of ether oxygens (including phenoxy) is 1. The second kappa shape index (κ2) is 6.23. The number of hydrogen-bond donors (Lipinski definition) is 1. The molecule has 0 spiro atoms. The van der Waals surface area contributed by atoms with Gasteiger partial charge in [0.25, 0.3) is 5.91 Å². The van der Waals surface area contributed by atoms with Crippen molar-refractivity contribution >= 4 is 5.91 Å². The van der Waals surface area contributed by atoms with Gasteiger partial charge in [0.2, 0.25) is 0 Å². The van der Waals surface area contributed by atoms with E-state index in [1.165, 1.54) is 0 Å². The van der Waals surface area contributed by atoms with Gasteiger partial charge in [0.15, 0.2) is 0 Å². The van der Waals surface area contributed by atoms with E-state index in [-0.39, 0.29) is 12.0 Å². The van der Waals surface area contributed by atoms with Crippen molar-refractivity contribution in [3.63, 3.8) is 0 Å². The van der Waals surface area contributed by atoms with Gasteiger partial charge >= 0.3 is 0 Å². The number of aryl methyl sites for hydroxylation is 1. The fourth-order valence-electron chi connectivity index (χ4n) is 1.87. The first-order valence-electron chi connectivity index (χ1n) is 6.54. The molecule has 1 atom stereocenters. The van der Waals surface area contributed by atoms with Gasteiger partial charge in [-0.1, -0.05) is 0 Å². The maximum atomic E-state index is 12.0. The van der Waals surface area contributed by atoms with Gasteiger partial charge in [-0.2, -0.15) is 0 Å². The van der Waals surface area contributed by atoms with Crippen LogP contribution in [0.3, 0.4) is 0 Å². The fourth-order valence-corrected chi connectivity index (χ4v) is 1.87. The Morgan fingerprint density at radius 3 is 2.90 bits per heavy atom. The first-order chi connectivity index (χ1) is 9.58. The van der Waals surface area contributed by atoms with Crippen LogP contribution in [-0.2, 0) is 7.05 Å². The van der Waals surface area contributed by atoms with E-state index in [2.05, 4.69) is 10.3 Å². The quantitative estimate of drug-likeness (QED) is 0.905. The largest absolute Gasteiger partial charge is 0.487 e. The van der Waals surface area contributed by atoms with Crippen LogP contribution in [0.25, 0.3) is 0 Å². The molecular formula is C15H19N3O2. The average molecular weight is 273 g/mol. The second-order valence-electron chi connectivity index (χ2n) is 4.75. The number of rotatable bonds is 5. The third-order valence-corrected chi connectivity index (χ3v) is 3.15. The normalized spacial score (nSPS) is 11.9. The molecule has 1 amide bonds. The summed E-state index contributed by atoms with van der Waals surface area (Å²) in [5.74, 6) is 0.620. The van der Waals surface area contributed by atoms with Crippen molar-refractivity contribution < 1.29 is 9.53 Å². The number of aromatic nitrogens is 2. The minimum atomic E-state index is -0.118. The van der Waals surface area contributed by atoms with Crippen molar-refractivity contribution in [3.05, 3.63) is 48.0 Å². The summed E-state index contributed by atoms with van der Waals surface area (Å²) in [4.78, 5) is 16.0. The predicted molar refractivity (Wildman–Crippen MR) is 76.8 cm³/mol. The van der Waals surface area contributed by atoms with Gasteiger partial charge < -0.3 is 14.6 Å². The van der Waals surface area contributed by atoms with Gasteiger partial charge in [-0.15, -0.1) is 0 Å². The summed E-state index contributed by atoms with van der Waals surface area (Å²) in [6, 6.07) is 5.47. The van der Waals surface area contributed by atoms with Crippen LogP contribution in [0.1, 0.15) is 23.0 Å². The van der Waals surface area contributed by atoms with E-state index in [1.807, 2.05) is 49.9 Å². The van der Waals surface area contributed by atoms with Gasteiger partial charge in [-0.05, 0) is 32.0 Å². The van der Waals surface area contributed by atoms with Crippen molar-refractivity contribution in [2.24, 2.45) is 7.05 Å². The van der Waals surface area contributed by atoms with Crippen LogP contribution in [-0.4, -0.2) is 28.1 Å². The minimum absolute atomic E-state index is 0.0789. The molecule has 0 aromatic carbocycles. The third kappa shape index (κ3) is 3.38. The van der Waals surface area contributed by atoms with E-state index in [0.29, 0.717) is 17.9 Å². The SMILES string of the molecule is Cc1c(C(=O)NC[C@H](C)Oc2cccnc2)ccn1C. The summed E-state index contributed by atoms with van der Waals surface area (Å²) in [6.45, 7) is 4.28. The first kappa shape index (κ1) is 14.1. The molecule has 1 N–H and O–H groups in total. The Bertz CT molecular complexity index is 578. The summed E-state index contributed by atoms with van der Waals surface area (Å²) in [7, 11) is 1.92. The Hall–Kier alpha value is -2.30. The lowest BCUT2D eigenvalue weighted by molar-refractivity contribution is 0.0931. The van der Waals surface area contributed by atoms with Crippen LogP contribution in [0.15, 0.2) is 36.8 Å². The molecule has 20 heavy (non-hydrogen) atoms. The van der Waals surface area contributed by atoms with Gasteiger partial charge in [-0.25, -0.2) is 0 Å². The molecule has 0 fully saturated rings. The van der Waals surface area contributed by atoms with Crippen LogP contribution < -0.4 is 10.1 Å². The van der Waals surface area contributed by atoms with Crippen LogP contribution in [0.5, 0.6) is 5.75 Å². The van der Waals surface area contributed by atoms with Crippen LogP contribution in [0.2, 0.25) is 0 Å². The fraction of sp³-hybridized carbons (Fsp3) is 0.333. The van der Waals surface area contributed by atoms with E-state index in [9.17, 15) is 4.79 Å². The third-order valence-electron chi connectivity index (χ3n) is 3.15. The molecule has 0 radical (unpaired) electrons. The summed E-state index contributed by atoms with van der Waals surface area (Å²) in [6.07, 6.45) is 5.10. The second-order valence-corrected chi connectivity index (χ2v) is 4.75. The van der Waals surface area contributed by atoms with Crippen molar-refractivity contribution in [1.82, 2.24) is 14.9 Å². The standard InChI is InChI=1S/C15H19N3O2/c1-11(20-13-5-4-7-16-10-13)9-17-15(19)14-6-8-18(3)12(14)2/h4-8,10-11H,9H2,1-3H3,(H,17,19)/t11-/m0/s1. The van der Waals surface area contributed by atoms with Gasteiger partial charge in [0.05, 0.1) is 18.3 Å². The smallest absolute Gasteiger partial charge is 0.253 e. The number of hydrogen-bond acceptors (Lipinski definition) is 3. The highest BCUT2D eigenvalue weighted by atomic mass is 16.5. The monoisotopic (exact) mass is 273 g/mol. The molecule has 2 aromatic rings. The highest BCUT2D eigenvalue weighted by molar-refractivity contribution is 5.95. The molecule has 2 heterocycles. The molecule has 0 aliphatic carbocycles. The van der Waals surface area contributed by atoms with Crippen molar-refractivity contribution in [2.45, 2.75) is 20.0 Å². The summed E-state index contributed by atoms with van der Waals surface area (Å²) in [5.41, 5.74) is 1.64. The number of pyridine rings is 1. The topological polar surface area (TPSA) is 56.1 Å². The number of carbonyl (C=O) groups excluding carboxylic acids is 1. The molecule has 5 heteroatoms. The highest BCUT2D eigenvalue weighted by Crippen LogP contribution is 2.10. The molecule has 0 unspecified atom stereocenters. The van der Waals surface area contributed by atoms with Crippen LogP contribution >= 0.6 is 0 Å². The van der Waals surface area contributed by atoms with Crippen LogP contribution in [0, 0.1) is 6.92 Å². The molecule has 5 nitrogen and oxygen atoms in total. The summed E-state index contributed by atoms with van der Waals surface area (Å²) >= 11 is 0. The molecule has 0 bridgehead atoms. The number of nitrogens with one attached hydrogen (secondary N) is 1. The molecule has 0 aliphatic rings. The molecule has 0 saturated carbocycles. The zero-order valence-electron chi connectivity index (χ0n) is 12.0. The Labute approximate surface area is 118 Å². The van der Waals surface area contributed by atoms with Gasteiger partial charge in [0.1, 0.15) is 11.9 Å². The van der Waals surface area contributed by atoms with Crippen molar-refractivity contribution in [1.29, 1.82) is 0 Å². The molecular weight excluding hydrogens is 254 g/mol. The Morgan fingerprint density at radius 1 is 1.50 bits per heavy atom. The molecule has 106 valence electrons. The lowest BCUT2D eigenvalue weighted by atomic mass is 10.2. The van der Waals surface area contributed by atoms with Gasteiger partial charge in [0, 0.05) is 25.1 Å². The number of amides is 1. The first-order valence-corrected chi connectivity index (χ1v) is 6.54. The Kier molecular flexibility index (Phi) is 4.40. The van der Waals surface area contributed by atoms with E-state index < -0.39 is 0 Å². The molecule has 2 rings (SSSR count). The Morgan fingerprint density at radius 2 is 2.30 bits per heavy atom. The zero-order chi connectivity index (χ0) is 14.5. The summed E-state index contributed by atoms with van der Waals surface area (Å²) < 4.78 is 7.57. The van der Waals surface area contributed by atoms with E-state index in [1.54, 1.807) is 12.4 Å². The zero-order valence-corrected chi connectivity index (χ0v) is 12.0. The summed E-state index contributed by atoms with van der Waals surface area (Å²) in [5, 5.41) is 2.88. The van der Waals surface area contributed by atoms with Crippen molar-refractivity contribution in [2.75, 3.05) is 6.54 Å². The average Bonchev–Trinajstić information content (AvgIpc) is 2.78.